The summed E-state index contributed by atoms with van der Waals surface area (Å²) in [6, 6.07) is 13.4. The highest BCUT2D eigenvalue weighted by Crippen LogP contribution is 2.26. The van der Waals surface area contributed by atoms with E-state index in [-0.39, 0.29) is 5.91 Å². The quantitative estimate of drug-likeness (QED) is 0.745. The van der Waals surface area contributed by atoms with Crippen LogP contribution in [0.5, 0.6) is 11.5 Å². The van der Waals surface area contributed by atoms with Crippen LogP contribution in [-0.4, -0.2) is 18.6 Å². The molecule has 1 atom stereocenters. The van der Waals surface area contributed by atoms with Crippen molar-refractivity contribution in [1.82, 2.24) is 0 Å². The van der Waals surface area contributed by atoms with Crippen molar-refractivity contribution < 1.29 is 14.3 Å². The highest BCUT2D eigenvalue weighted by Gasteiger charge is 2.17. The normalized spacial score (nSPS) is 14.0. The van der Waals surface area contributed by atoms with Crippen LogP contribution in [0.25, 0.3) is 0 Å². The molecule has 2 aromatic rings. The molecule has 1 aliphatic rings. The Kier molecular flexibility index (Phi) is 5.95. The van der Waals surface area contributed by atoms with Gasteiger partial charge in [0.05, 0.1) is 0 Å². The van der Waals surface area contributed by atoms with Crippen LogP contribution >= 0.6 is 0 Å². The number of benzene rings is 2. The minimum Gasteiger partial charge on any atom is -0.489 e. The zero-order valence-corrected chi connectivity index (χ0v) is 15.2. The van der Waals surface area contributed by atoms with Crippen LogP contribution in [0.15, 0.2) is 55.1 Å². The Morgan fingerprint density at radius 1 is 1.15 bits per heavy atom. The van der Waals surface area contributed by atoms with Crippen LogP contribution in [-0.2, 0) is 17.6 Å². The minimum atomic E-state index is -0.589. The van der Waals surface area contributed by atoms with E-state index >= 15 is 0 Å². The van der Waals surface area contributed by atoms with E-state index in [1.54, 1.807) is 19.1 Å². The van der Waals surface area contributed by atoms with Gasteiger partial charge in [-0.1, -0.05) is 24.8 Å². The molecule has 0 bridgehead atoms. The summed E-state index contributed by atoms with van der Waals surface area (Å²) >= 11 is 0. The average Bonchev–Trinajstić information content (AvgIpc) is 2.66. The van der Waals surface area contributed by atoms with Crippen molar-refractivity contribution in [3.63, 3.8) is 0 Å². The molecule has 1 amide bonds. The molecule has 1 N–H and O–H groups in total. The van der Waals surface area contributed by atoms with E-state index in [2.05, 4.69) is 24.0 Å². The van der Waals surface area contributed by atoms with Gasteiger partial charge in [-0.15, -0.1) is 0 Å². The molecule has 0 fully saturated rings. The molecule has 0 aromatic heterocycles. The summed E-state index contributed by atoms with van der Waals surface area (Å²) in [5.74, 6) is 1.24. The Balaban J connectivity index is 1.60. The Hall–Kier alpha value is -2.75. The minimum absolute atomic E-state index is 0.191. The molecule has 4 nitrogen and oxygen atoms in total. The fourth-order valence-electron chi connectivity index (χ4n) is 3.10. The van der Waals surface area contributed by atoms with Crippen LogP contribution in [0.4, 0.5) is 5.69 Å². The van der Waals surface area contributed by atoms with Gasteiger partial charge in [0, 0.05) is 11.8 Å². The first-order valence-corrected chi connectivity index (χ1v) is 9.09. The van der Waals surface area contributed by atoms with Gasteiger partial charge >= 0.3 is 0 Å². The molecule has 3 rings (SSSR count). The zero-order valence-electron chi connectivity index (χ0n) is 15.2. The highest BCUT2D eigenvalue weighted by atomic mass is 16.5. The van der Waals surface area contributed by atoms with Crippen molar-refractivity contribution in [2.75, 3.05) is 11.9 Å². The molecule has 1 aliphatic carbocycles. The first kappa shape index (κ1) is 18.1. The van der Waals surface area contributed by atoms with Gasteiger partial charge in [0.25, 0.3) is 5.91 Å². The van der Waals surface area contributed by atoms with E-state index in [0.717, 1.165) is 18.6 Å². The van der Waals surface area contributed by atoms with E-state index in [0.29, 0.717) is 18.0 Å². The molecule has 136 valence electrons. The van der Waals surface area contributed by atoms with Crippen molar-refractivity contribution in [3.8, 4) is 11.5 Å². The summed E-state index contributed by atoms with van der Waals surface area (Å²) in [5, 5.41) is 2.87. The molecular weight excluding hydrogens is 326 g/mol. The second-order valence-corrected chi connectivity index (χ2v) is 6.51. The fourth-order valence-corrected chi connectivity index (χ4v) is 3.10. The van der Waals surface area contributed by atoms with E-state index in [1.165, 1.54) is 24.0 Å². The summed E-state index contributed by atoms with van der Waals surface area (Å²) in [5.41, 5.74) is 3.42. The fraction of sp³-hybridized carbons (Fsp3) is 0.318. The van der Waals surface area contributed by atoms with Crippen molar-refractivity contribution in [1.29, 1.82) is 0 Å². The molecule has 0 spiro atoms. The van der Waals surface area contributed by atoms with E-state index in [4.69, 9.17) is 9.47 Å². The van der Waals surface area contributed by atoms with Crippen molar-refractivity contribution in [3.05, 3.63) is 66.2 Å². The van der Waals surface area contributed by atoms with Crippen LogP contribution in [0.3, 0.4) is 0 Å². The molecule has 0 unspecified atom stereocenters. The van der Waals surface area contributed by atoms with Crippen molar-refractivity contribution >= 4 is 11.6 Å². The number of carbonyl (C=O) groups excluding carboxylic acids is 1. The summed E-state index contributed by atoms with van der Waals surface area (Å²) in [7, 11) is 0. The third kappa shape index (κ3) is 4.66. The first-order valence-electron chi connectivity index (χ1n) is 9.09. The lowest BCUT2D eigenvalue weighted by Gasteiger charge is -2.19. The van der Waals surface area contributed by atoms with Crippen molar-refractivity contribution in [2.24, 2.45) is 0 Å². The van der Waals surface area contributed by atoms with Gasteiger partial charge in [-0.3, -0.25) is 4.79 Å². The molecule has 0 aliphatic heterocycles. The van der Waals surface area contributed by atoms with Gasteiger partial charge in [-0.25, -0.2) is 0 Å². The lowest BCUT2D eigenvalue weighted by Crippen LogP contribution is -2.30. The third-order valence-corrected chi connectivity index (χ3v) is 4.47. The number of amides is 1. The summed E-state index contributed by atoms with van der Waals surface area (Å²) in [6.07, 6.45) is 5.79. The maximum Gasteiger partial charge on any atom is 0.265 e. The number of ether oxygens (including phenoxy) is 2. The van der Waals surface area contributed by atoms with Crippen LogP contribution in [0, 0.1) is 0 Å². The SMILES string of the molecule is C=CCOc1cccc(NC(=O)[C@H](C)Oc2ccc3c(c2)CCCC3)c1. The summed E-state index contributed by atoms with van der Waals surface area (Å²) in [6.45, 7) is 5.81. The lowest BCUT2D eigenvalue weighted by atomic mass is 9.92. The van der Waals surface area contributed by atoms with Crippen LogP contribution < -0.4 is 14.8 Å². The maximum atomic E-state index is 12.4. The largest absolute Gasteiger partial charge is 0.489 e. The highest BCUT2D eigenvalue weighted by molar-refractivity contribution is 5.94. The number of hydrogen-bond donors (Lipinski definition) is 1. The van der Waals surface area contributed by atoms with E-state index < -0.39 is 6.10 Å². The second kappa shape index (κ2) is 8.56. The van der Waals surface area contributed by atoms with Gasteiger partial charge < -0.3 is 14.8 Å². The topological polar surface area (TPSA) is 47.6 Å². The molecule has 4 heteroatoms. The number of rotatable bonds is 7. The maximum absolute atomic E-state index is 12.4. The Labute approximate surface area is 154 Å². The number of hydrogen-bond acceptors (Lipinski definition) is 3. The van der Waals surface area contributed by atoms with E-state index in [1.807, 2.05) is 24.3 Å². The standard InChI is InChI=1S/C22H25NO3/c1-3-13-25-20-10-6-9-19(15-20)23-22(24)16(2)26-21-12-11-17-7-4-5-8-18(17)14-21/h3,6,9-12,14-16H,1,4-5,7-8,13H2,2H3,(H,23,24)/t16-/m0/s1. The van der Waals surface area contributed by atoms with Gasteiger partial charge in [-0.2, -0.15) is 0 Å². The number of carbonyl (C=O) groups is 1. The molecule has 0 saturated carbocycles. The summed E-state index contributed by atoms with van der Waals surface area (Å²) in [4.78, 5) is 12.4. The number of nitrogens with one attached hydrogen (secondary N) is 1. The van der Waals surface area contributed by atoms with Gasteiger partial charge in [0.2, 0.25) is 0 Å². The smallest absolute Gasteiger partial charge is 0.265 e. The monoisotopic (exact) mass is 351 g/mol. The molecular formula is C22H25NO3. The lowest BCUT2D eigenvalue weighted by molar-refractivity contribution is -0.122. The van der Waals surface area contributed by atoms with E-state index in [9.17, 15) is 4.79 Å². The molecule has 0 heterocycles. The van der Waals surface area contributed by atoms with Crippen LogP contribution in [0.1, 0.15) is 30.9 Å². The average molecular weight is 351 g/mol. The number of aryl methyl sites for hydroxylation is 2. The number of anilines is 1. The Bertz CT molecular complexity index is 785. The predicted octanol–water partition coefficient (Wildman–Crippen LogP) is 4.54. The summed E-state index contributed by atoms with van der Waals surface area (Å²) < 4.78 is 11.3. The first-order chi connectivity index (χ1) is 12.7. The van der Waals surface area contributed by atoms with Crippen molar-refractivity contribution in [2.45, 2.75) is 38.7 Å². The molecule has 26 heavy (non-hydrogen) atoms. The number of fused-ring (bicyclic) bond motifs is 1. The molecule has 0 radical (unpaired) electrons. The third-order valence-electron chi connectivity index (χ3n) is 4.47. The molecule has 2 aromatic carbocycles. The Morgan fingerprint density at radius 2 is 1.96 bits per heavy atom. The second-order valence-electron chi connectivity index (χ2n) is 6.51. The zero-order chi connectivity index (χ0) is 18.4. The van der Waals surface area contributed by atoms with Gasteiger partial charge in [0.15, 0.2) is 6.10 Å². The predicted molar refractivity (Wildman–Crippen MR) is 104 cm³/mol. The Morgan fingerprint density at radius 3 is 2.77 bits per heavy atom. The molecule has 0 saturated heterocycles. The van der Waals surface area contributed by atoms with Gasteiger partial charge in [-0.05, 0) is 68.0 Å². The van der Waals surface area contributed by atoms with Crippen LogP contribution in [0.2, 0.25) is 0 Å². The van der Waals surface area contributed by atoms with Gasteiger partial charge in [0.1, 0.15) is 18.1 Å².